The number of carbonyl (C=O) groups excluding carboxylic acids is 1. The Hall–Kier alpha value is -0.610. The summed E-state index contributed by atoms with van der Waals surface area (Å²) in [5.74, 6) is -0.0569. The molecule has 1 atom stereocenters. The molecule has 0 radical (unpaired) electrons. The van der Waals surface area contributed by atoms with Gasteiger partial charge in [-0.1, -0.05) is 0 Å². The summed E-state index contributed by atoms with van der Waals surface area (Å²) in [5.41, 5.74) is 5.67. The maximum absolute atomic E-state index is 11.6. The van der Waals surface area contributed by atoms with Gasteiger partial charge in [0.2, 0.25) is 5.91 Å². The van der Waals surface area contributed by atoms with Crippen molar-refractivity contribution in [2.24, 2.45) is 5.73 Å². The fraction of sp³-hybridized carbons (Fsp3) is 0.917. The summed E-state index contributed by atoms with van der Waals surface area (Å²) in [7, 11) is 0. The molecule has 4 heteroatoms. The highest BCUT2D eigenvalue weighted by Crippen LogP contribution is 2.28. The number of carbonyl (C=O) groups is 1. The average molecular weight is 227 g/mol. The molecule has 94 valence electrons. The van der Waals surface area contributed by atoms with Gasteiger partial charge in [0.25, 0.3) is 0 Å². The first-order valence-electron chi connectivity index (χ1n) is 5.97. The molecular formula is C12H25N3O. The lowest BCUT2D eigenvalue weighted by atomic mass is 9.79. The molecule has 4 N–H and O–H groups in total. The van der Waals surface area contributed by atoms with Gasteiger partial charge < -0.3 is 16.4 Å². The Morgan fingerprint density at radius 3 is 2.12 bits per heavy atom. The van der Waals surface area contributed by atoms with Crippen molar-refractivity contribution in [1.29, 1.82) is 0 Å². The van der Waals surface area contributed by atoms with Crippen LogP contribution < -0.4 is 16.4 Å². The van der Waals surface area contributed by atoms with Gasteiger partial charge in [0.1, 0.15) is 0 Å². The lowest BCUT2D eigenvalue weighted by molar-refractivity contribution is -0.123. The van der Waals surface area contributed by atoms with Crippen LogP contribution in [-0.2, 0) is 4.79 Å². The van der Waals surface area contributed by atoms with Gasteiger partial charge in [0.15, 0.2) is 0 Å². The molecule has 0 spiro atoms. The second-order valence-corrected chi connectivity index (χ2v) is 6.30. The Labute approximate surface area is 98.3 Å². The van der Waals surface area contributed by atoms with Gasteiger partial charge in [-0.15, -0.1) is 0 Å². The van der Waals surface area contributed by atoms with Crippen molar-refractivity contribution in [3.8, 4) is 0 Å². The normalized spacial score (nSPS) is 26.1. The molecule has 1 aliphatic heterocycles. The molecule has 0 aromatic rings. The molecule has 1 heterocycles. The van der Waals surface area contributed by atoms with Gasteiger partial charge in [-0.05, 0) is 47.5 Å². The van der Waals surface area contributed by atoms with E-state index in [-0.39, 0.29) is 23.0 Å². The monoisotopic (exact) mass is 227 g/mol. The third-order valence-corrected chi connectivity index (χ3v) is 2.95. The van der Waals surface area contributed by atoms with Gasteiger partial charge in [-0.25, -0.2) is 0 Å². The zero-order valence-corrected chi connectivity index (χ0v) is 11.1. The highest BCUT2D eigenvalue weighted by Gasteiger charge is 2.38. The fourth-order valence-corrected chi connectivity index (χ4v) is 2.76. The van der Waals surface area contributed by atoms with E-state index < -0.39 is 6.04 Å². The summed E-state index contributed by atoms with van der Waals surface area (Å²) in [4.78, 5) is 11.6. The van der Waals surface area contributed by atoms with Crippen molar-refractivity contribution in [2.75, 3.05) is 0 Å². The molecular weight excluding hydrogens is 202 g/mol. The molecule has 1 amide bonds. The quantitative estimate of drug-likeness (QED) is 0.652. The first kappa shape index (κ1) is 13.5. The van der Waals surface area contributed by atoms with Crippen LogP contribution in [0.15, 0.2) is 0 Å². The predicted molar refractivity (Wildman–Crippen MR) is 66.1 cm³/mol. The number of piperidine rings is 1. The smallest absolute Gasteiger partial charge is 0.236 e. The van der Waals surface area contributed by atoms with Crippen molar-refractivity contribution in [3.05, 3.63) is 0 Å². The molecule has 1 fully saturated rings. The van der Waals surface area contributed by atoms with E-state index in [2.05, 4.69) is 38.3 Å². The van der Waals surface area contributed by atoms with Crippen LogP contribution in [0.1, 0.15) is 47.5 Å². The van der Waals surface area contributed by atoms with E-state index in [0.717, 1.165) is 12.8 Å². The van der Waals surface area contributed by atoms with Gasteiger partial charge in [-0.3, -0.25) is 4.79 Å². The van der Waals surface area contributed by atoms with Crippen LogP contribution in [0.2, 0.25) is 0 Å². The van der Waals surface area contributed by atoms with Crippen molar-refractivity contribution < 1.29 is 4.79 Å². The average Bonchev–Trinajstić information content (AvgIpc) is 1.96. The van der Waals surface area contributed by atoms with E-state index in [4.69, 9.17) is 5.73 Å². The standard InChI is InChI=1S/C12H25N3O/c1-8(13)10(16)14-9-6-11(2,3)15-12(4,5)7-9/h8-9,15H,6-7,13H2,1-5H3,(H,14,16)/t8-/m1/s1. The third-order valence-electron chi connectivity index (χ3n) is 2.95. The van der Waals surface area contributed by atoms with E-state index >= 15 is 0 Å². The maximum atomic E-state index is 11.6. The molecule has 0 bridgehead atoms. The topological polar surface area (TPSA) is 67.2 Å². The van der Waals surface area contributed by atoms with Crippen LogP contribution >= 0.6 is 0 Å². The number of hydrogen-bond donors (Lipinski definition) is 3. The Morgan fingerprint density at radius 1 is 1.31 bits per heavy atom. The maximum Gasteiger partial charge on any atom is 0.236 e. The largest absolute Gasteiger partial charge is 0.352 e. The highest BCUT2D eigenvalue weighted by molar-refractivity contribution is 5.81. The van der Waals surface area contributed by atoms with Crippen molar-refractivity contribution in [1.82, 2.24) is 10.6 Å². The molecule has 0 aliphatic carbocycles. The minimum Gasteiger partial charge on any atom is -0.352 e. The van der Waals surface area contributed by atoms with Crippen LogP contribution in [-0.4, -0.2) is 29.1 Å². The summed E-state index contributed by atoms with van der Waals surface area (Å²) >= 11 is 0. The SMILES string of the molecule is C[C@@H](N)C(=O)NC1CC(C)(C)NC(C)(C)C1. The van der Waals surface area contributed by atoms with Crippen LogP contribution in [0, 0.1) is 0 Å². The number of nitrogens with two attached hydrogens (primary N) is 1. The molecule has 16 heavy (non-hydrogen) atoms. The summed E-state index contributed by atoms with van der Waals surface area (Å²) in [6.45, 7) is 10.4. The van der Waals surface area contributed by atoms with E-state index in [1.54, 1.807) is 6.92 Å². The fourth-order valence-electron chi connectivity index (χ4n) is 2.76. The summed E-state index contributed by atoms with van der Waals surface area (Å²) in [6, 6.07) is -0.217. The van der Waals surface area contributed by atoms with Gasteiger partial charge in [0.05, 0.1) is 6.04 Å². The second kappa shape index (κ2) is 4.34. The number of nitrogens with one attached hydrogen (secondary N) is 2. The summed E-state index contributed by atoms with van der Waals surface area (Å²) in [5, 5.41) is 6.61. The number of rotatable bonds is 2. The summed E-state index contributed by atoms with van der Waals surface area (Å²) in [6.07, 6.45) is 1.88. The first-order valence-corrected chi connectivity index (χ1v) is 5.97. The van der Waals surface area contributed by atoms with Crippen LogP contribution in [0.4, 0.5) is 0 Å². The van der Waals surface area contributed by atoms with Crippen LogP contribution in [0.25, 0.3) is 0 Å². The lowest BCUT2D eigenvalue weighted by Gasteiger charge is -2.46. The first-order chi connectivity index (χ1) is 7.11. The van der Waals surface area contributed by atoms with Gasteiger partial charge >= 0.3 is 0 Å². The molecule has 1 rings (SSSR count). The lowest BCUT2D eigenvalue weighted by Crippen LogP contribution is -2.62. The van der Waals surface area contributed by atoms with E-state index in [1.165, 1.54) is 0 Å². The molecule has 0 aromatic heterocycles. The Kier molecular flexibility index (Phi) is 3.65. The Balaban J connectivity index is 2.64. The summed E-state index contributed by atoms with van der Waals surface area (Å²) < 4.78 is 0. The van der Waals surface area contributed by atoms with Gasteiger partial charge in [0, 0.05) is 17.1 Å². The predicted octanol–water partition coefficient (Wildman–Crippen LogP) is 0.759. The van der Waals surface area contributed by atoms with Crippen molar-refractivity contribution >= 4 is 5.91 Å². The van der Waals surface area contributed by atoms with Gasteiger partial charge in [-0.2, -0.15) is 0 Å². The Bertz CT molecular complexity index is 255. The highest BCUT2D eigenvalue weighted by atomic mass is 16.2. The van der Waals surface area contributed by atoms with E-state index in [1.807, 2.05) is 0 Å². The van der Waals surface area contributed by atoms with Crippen LogP contribution in [0.3, 0.4) is 0 Å². The van der Waals surface area contributed by atoms with Crippen molar-refractivity contribution in [2.45, 2.75) is 70.6 Å². The van der Waals surface area contributed by atoms with Crippen LogP contribution in [0.5, 0.6) is 0 Å². The van der Waals surface area contributed by atoms with Crippen molar-refractivity contribution in [3.63, 3.8) is 0 Å². The molecule has 1 aliphatic rings. The van der Waals surface area contributed by atoms with E-state index in [0.29, 0.717) is 0 Å². The zero-order valence-electron chi connectivity index (χ0n) is 11.1. The number of amides is 1. The number of hydrogen-bond acceptors (Lipinski definition) is 3. The minimum atomic E-state index is -0.430. The zero-order chi connectivity index (χ0) is 12.6. The van der Waals surface area contributed by atoms with E-state index in [9.17, 15) is 4.79 Å². The molecule has 0 unspecified atom stereocenters. The molecule has 1 saturated heterocycles. The third kappa shape index (κ3) is 3.76. The Morgan fingerprint density at radius 2 is 1.75 bits per heavy atom. The molecule has 4 nitrogen and oxygen atoms in total. The molecule has 0 aromatic carbocycles. The second-order valence-electron chi connectivity index (χ2n) is 6.30. The minimum absolute atomic E-state index is 0.0531. The molecule has 0 saturated carbocycles.